The highest BCUT2D eigenvalue weighted by atomic mass is 16.6. The number of ether oxygens (including phenoxy) is 2. The molecule has 1 amide bonds. The Morgan fingerprint density at radius 3 is 2.50 bits per heavy atom. The molecule has 1 saturated heterocycles. The van der Waals surface area contributed by atoms with Crippen molar-refractivity contribution in [1.82, 2.24) is 10.2 Å². The van der Waals surface area contributed by atoms with Crippen LogP contribution in [0.1, 0.15) is 39.2 Å². The van der Waals surface area contributed by atoms with Crippen LogP contribution in [0.4, 0.5) is 4.79 Å². The van der Waals surface area contributed by atoms with Crippen molar-refractivity contribution >= 4 is 6.09 Å². The third kappa shape index (κ3) is 6.89. The van der Waals surface area contributed by atoms with Gasteiger partial charge in [0.2, 0.25) is 0 Å². The fraction of sp³-hybridized carbons (Fsp3) is 0.632. The second kappa shape index (κ2) is 9.04. The molecule has 0 bridgehead atoms. The van der Waals surface area contributed by atoms with Gasteiger partial charge in [-0.05, 0) is 39.2 Å². The third-order valence-corrected chi connectivity index (χ3v) is 3.94. The van der Waals surface area contributed by atoms with Crippen molar-refractivity contribution in [2.45, 2.75) is 51.9 Å². The molecule has 0 saturated carbocycles. The van der Waals surface area contributed by atoms with Crippen LogP contribution >= 0.6 is 0 Å². The summed E-state index contributed by atoms with van der Waals surface area (Å²) in [4.78, 5) is 13.8. The van der Waals surface area contributed by atoms with Crippen molar-refractivity contribution in [2.75, 3.05) is 26.2 Å². The highest BCUT2D eigenvalue weighted by Gasteiger charge is 2.26. The smallest absolute Gasteiger partial charge is 0.410 e. The average Bonchev–Trinajstić information content (AvgIpc) is 2.54. The first kappa shape index (κ1) is 18.7. The Balaban J connectivity index is 1.56. The van der Waals surface area contributed by atoms with E-state index in [1.54, 1.807) is 4.90 Å². The number of piperidine rings is 1. The summed E-state index contributed by atoms with van der Waals surface area (Å²) in [6.07, 6.45) is 1.71. The first-order valence-corrected chi connectivity index (χ1v) is 8.77. The minimum Gasteiger partial charge on any atom is -0.444 e. The number of benzene rings is 1. The quantitative estimate of drug-likeness (QED) is 0.812. The summed E-state index contributed by atoms with van der Waals surface area (Å²) >= 11 is 0. The first-order chi connectivity index (χ1) is 11.4. The number of carbonyl (C=O) groups excluding carboxylic acids is 1. The maximum atomic E-state index is 12.0. The summed E-state index contributed by atoms with van der Waals surface area (Å²) in [6, 6.07) is 10.6. The van der Waals surface area contributed by atoms with E-state index in [0.29, 0.717) is 19.3 Å². The Morgan fingerprint density at radius 1 is 1.21 bits per heavy atom. The largest absolute Gasteiger partial charge is 0.444 e. The normalized spacial score (nSPS) is 16.2. The van der Waals surface area contributed by atoms with Crippen LogP contribution in [0.3, 0.4) is 0 Å². The average molecular weight is 334 g/mol. The molecule has 5 heteroatoms. The van der Waals surface area contributed by atoms with Gasteiger partial charge < -0.3 is 19.7 Å². The van der Waals surface area contributed by atoms with Crippen LogP contribution < -0.4 is 5.32 Å². The Kier molecular flexibility index (Phi) is 7.06. The van der Waals surface area contributed by atoms with E-state index in [-0.39, 0.29) is 6.09 Å². The Bertz CT molecular complexity index is 491. The number of nitrogens with one attached hydrogen (secondary N) is 1. The van der Waals surface area contributed by atoms with Crippen molar-refractivity contribution in [3.05, 3.63) is 35.9 Å². The molecule has 5 nitrogen and oxygen atoms in total. The molecule has 0 aliphatic carbocycles. The molecule has 1 aliphatic heterocycles. The summed E-state index contributed by atoms with van der Waals surface area (Å²) < 4.78 is 11.1. The third-order valence-electron chi connectivity index (χ3n) is 3.94. The summed E-state index contributed by atoms with van der Waals surface area (Å²) in [5.74, 6) is 0. The molecule has 24 heavy (non-hydrogen) atoms. The summed E-state index contributed by atoms with van der Waals surface area (Å²) in [5.41, 5.74) is 0.769. The molecule has 1 fully saturated rings. The van der Waals surface area contributed by atoms with Gasteiger partial charge in [-0.1, -0.05) is 30.3 Å². The van der Waals surface area contributed by atoms with Gasteiger partial charge in [-0.2, -0.15) is 0 Å². The monoisotopic (exact) mass is 334 g/mol. The van der Waals surface area contributed by atoms with E-state index >= 15 is 0 Å². The number of nitrogens with zero attached hydrogens (tertiary/aromatic N) is 1. The number of amides is 1. The summed E-state index contributed by atoms with van der Waals surface area (Å²) in [5, 5.41) is 3.51. The standard InChI is InChI=1S/C19H30N2O3/c1-19(2,3)24-18(22)21-12-9-17(10-13-21)20-11-14-23-15-16-7-5-4-6-8-16/h4-8,17,20H,9-15H2,1-3H3. The van der Waals surface area contributed by atoms with Crippen LogP contribution in [0.25, 0.3) is 0 Å². The maximum absolute atomic E-state index is 12.0. The molecule has 1 heterocycles. The van der Waals surface area contributed by atoms with Crippen molar-refractivity contribution < 1.29 is 14.3 Å². The van der Waals surface area contributed by atoms with Crippen LogP contribution in [0.15, 0.2) is 30.3 Å². The second-order valence-corrected chi connectivity index (χ2v) is 7.23. The van der Waals surface area contributed by atoms with Gasteiger partial charge in [0, 0.05) is 25.7 Å². The number of hydrogen-bond donors (Lipinski definition) is 1. The van der Waals surface area contributed by atoms with E-state index in [9.17, 15) is 4.79 Å². The summed E-state index contributed by atoms with van der Waals surface area (Å²) in [7, 11) is 0. The van der Waals surface area contributed by atoms with Gasteiger partial charge in [-0.15, -0.1) is 0 Å². The first-order valence-electron chi connectivity index (χ1n) is 8.77. The number of likely N-dealkylation sites (tertiary alicyclic amines) is 1. The van der Waals surface area contributed by atoms with Crippen LogP contribution in [0.5, 0.6) is 0 Å². The number of hydrogen-bond acceptors (Lipinski definition) is 4. The molecular formula is C19H30N2O3. The molecule has 1 aliphatic rings. The Hall–Kier alpha value is -1.59. The maximum Gasteiger partial charge on any atom is 0.410 e. The molecule has 1 N–H and O–H groups in total. The topological polar surface area (TPSA) is 50.8 Å². The van der Waals surface area contributed by atoms with Crippen molar-refractivity contribution in [1.29, 1.82) is 0 Å². The van der Waals surface area contributed by atoms with Crippen molar-refractivity contribution in [3.8, 4) is 0 Å². The zero-order valence-electron chi connectivity index (χ0n) is 15.1. The van der Waals surface area contributed by atoms with Crippen molar-refractivity contribution in [2.24, 2.45) is 0 Å². The molecule has 2 rings (SSSR count). The minimum atomic E-state index is -0.428. The molecule has 0 aromatic heterocycles. The van der Waals surface area contributed by atoms with E-state index in [2.05, 4.69) is 17.4 Å². The Morgan fingerprint density at radius 2 is 1.88 bits per heavy atom. The highest BCUT2D eigenvalue weighted by molar-refractivity contribution is 5.68. The van der Waals surface area contributed by atoms with Gasteiger partial charge in [0.1, 0.15) is 5.60 Å². The van der Waals surface area contributed by atoms with Crippen LogP contribution in [0, 0.1) is 0 Å². The van der Waals surface area contributed by atoms with Gasteiger partial charge in [-0.3, -0.25) is 0 Å². The molecule has 0 radical (unpaired) electrons. The van der Waals surface area contributed by atoms with Crippen LogP contribution in [-0.4, -0.2) is 48.9 Å². The molecular weight excluding hydrogens is 304 g/mol. The highest BCUT2D eigenvalue weighted by Crippen LogP contribution is 2.15. The van der Waals surface area contributed by atoms with E-state index < -0.39 is 5.60 Å². The van der Waals surface area contributed by atoms with Gasteiger partial charge in [0.05, 0.1) is 13.2 Å². The lowest BCUT2D eigenvalue weighted by Gasteiger charge is -2.33. The number of carbonyl (C=O) groups is 1. The molecule has 0 unspecified atom stereocenters. The molecule has 0 spiro atoms. The van der Waals surface area contributed by atoms with Crippen molar-refractivity contribution in [3.63, 3.8) is 0 Å². The van der Waals surface area contributed by atoms with E-state index in [4.69, 9.17) is 9.47 Å². The zero-order chi connectivity index (χ0) is 17.4. The van der Waals surface area contributed by atoms with Gasteiger partial charge in [-0.25, -0.2) is 4.79 Å². The SMILES string of the molecule is CC(C)(C)OC(=O)N1CCC(NCCOCc2ccccc2)CC1. The lowest BCUT2D eigenvalue weighted by atomic mass is 10.1. The Labute approximate surface area is 145 Å². The predicted octanol–water partition coefficient (Wildman–Crippen LogP) is 3.19. The predicted molar refractivity (Wildman–Crippen MR) is 94.9 cm³/mol. The van der Waals surface area contributed by atoms with E-state index in [1.807, 2.05) is 39.0 Å². The van der Waals surface area contributed by atoms with Crippen LogP contribution in [0.2, 0.25) is 0 Å². The molecule has 0 atom stereocenters. The minimum absolute atomic E-state index is 0.202. The lowest BCUT2D eigenvalue weighted by Crippen LogP contribution is -2.47. The fourth-order valence-corrected chi connectivity index (χ4v) is 2.69. The number of rotatable bonds is 6. The van der Waals surface area contributed by atoms with Gasteiger partial charge in [0.25, 0.3) is 0 Å². The molecule has 1 aromatic rings. The lowest BCUT2D eigenvalue weighted by molar-refractivity contribution is 0.0195. The van der Waals surface area contributed by atoms with Gasteiger partial charge in [0.15, 0.2) is 0 Å². The molecule has 134 valence electrons. The van der Waals surface area contributed by atoms with Gasteiger partial charge >= 0.3 is 6.09 Å². The second-order valence-electron chi connectivity index (χ2n) is 7.23. The van der Waals surface area contributed by atoms with E-state index in [0.717, 1.165) is 32.5 Å². The zero-order valence-corrected chi connectivity index (χ0v) is 15.1. The van der Waals surface area contributed by atoms with E-state index in [1.165, 1.54) is 5.56 Å². The van der Waals surface area contributed by atoms with Crippen LogP contribution in [-0.2, 0) is 16.1 Å². The fourth-order valence-electron chi connectivity index (χ4n) is 2.69. The molecule has 1 aromatic carbocycles. The summed E-state index contributed by atoms with van der Waals surface area (Å²) in [6.45, 7) is 9.37.